The highest BCUT2D eigenvalue weighted by Gasteiger charge is 2.23. The normalized spacial score (nSPS) is 11.4. The fourth-order valence-corrected chi connectivity index (χ4v) is 3.66. The first kappa shape index (κ1) is 23.5. The number of benzene rings is 3. The van der Waals surface area contributed by atoms with Crippen molar-refractivity contribution in [3.8, 4) is 11.1 Å². The zero-order valence-corrected chi connectivity index (χ0v) is 18.6. The summed E-state index contributed by atoms with van der Waals surface area (Å²) in [6, 6.07) is 20.8. The first-order valence-corrected chi connectivity index (χ1v) is 10.4. The van der Waals surface area contributed by atoms with E-state index < -0.39 is 6.10 Å². The number of hydrogen-bond acceptors (Lipinski definition) is 3. The zero-order valence-electron chi connectivity index (χ0n) is 18.6. The van der Waals surface area contributed by atoms with E-state index in [0.717, 1.165) is 35.5 Å². The molecule has 0 fully saturated rings. The number of carbonyl (C=O) groups excluding carboxylic acids is 1. The molecule has 3 heteroatoms. The molecule has 0 heterocycles. The standard InChI is InChI=1S/C23H22O2.C4H10O/c1-15-13-16(2)21(17(3)14-15)19-11-7-8-12-20(19)23(25)22(24)18-9-5-4-6-10-18;1-3-5-4-2/h4-14,22,24H,1-3H3;3-4H2,1-2H3. The number of aliphatic hydroxyl groups excluding tert-OH is 1. The van der Waals surface area contributed by atoms with Gasteiger partial charge in [-0.3, -0.25) is 4.79 Å². The number of Topliss-reactive ketones (excluding diaryl/α,β-unsaturated/α-hetero) is 1. The van der Waals surface area contributed by atoms with Crippen molar-refractivity contribution in [3.63, 3.8) is 0 Å². The van der Waals surface area contributed by atoms with Crippen LogP contribution in [0.5, 0.6) is 0 Å². The minimum atomic E-state index is -1.16. The van der Waals surface area contributed by atoms with Gasteiger partial charge in [0.25, 0.3) is 0 Å². The lowest BCUT2D eigenvalue weighted by Gasteiger charge is -2.17. The summed E-state index contributed by atoms with van der Waals surface area (Å²) in [5.41, 5.74) is 6.56. The third-order valence-electron chi connectivity index (χ3n) is 4.91. The van der Waals surface area contributed by atoms with Crippen molar-refractivity contribution >= 4 is 5.78 Å². The molecule has 0 bridgehead atoms. The highest BCUT2D eigenvalue weighted by Crippen LogP contribution is 2.33. The molecule has 0 saturated carbocycles. The Kier molecular flexibility index (Phi) is 8.97. The molecule has 1 N–H and O–H groups in total. The van der Waals surface area contributed by atoms with Gasteiger partial charge < -0.3 is 9.84 Å². The third kappa shape index (κ3) is 5.88. The average molecular weight is 405 g/mol. The smallest absolute Gasteiger partial charge is 0.196 e. The molecule has 0 amide bonds. The quantitative estimate of drug-likeness (QED) is 0.495. The molecule has 0 saturated heterocycles. The fourth-order valence-electron chi connectivity index (χ4n) is 3.66. The predicted octanol–water partition coefficient (Wildman–Crippen LogP) is 6.24. The predicted molar refractivity (Wildman–Crippen MR) is 124 cm³/mol. The van der Waals surface area contributed by atoms with Gasteiger partial charge in [-0.1, -0.05) is 72.3 Å². The Morgan fingerprint density at radius 1 is 0.867 bits per heavy atom. The fraction of sp³-hybridized carbons (Fsp3) is 0.296. The van der Waals surface area contributed by atoms with Gasteiger partial charge in [-0.2, -0.15) is 0 Å². The van der Waals surface area contributed by atoms with Crippen LogP contribution in [-0.4, -0.2) is 24.1 Å². The van der Waals surface area contributed by atoms with Gasteiger partial charge in [0, 0.05) is 18.8 Å². The second-order valence-electron chi connectivity index (χ2n) is 7.28. The summed E-state index contributed by atoms with van der Waals surface area (Å²) in [6.45, 7) is 11.9. The highest BCUT2D eigenvalue weighted by molar-refractivity contribution is 6.05. The summed E-state index contributed by atoms with van der Waals surface area (Å²) < 4.78 is 4.83. The second-order valence-corrected chi connectivity index (χ2v) is 7.28. The molecule has 158 valence electrons. The summed E-state index contributed by atoms with van der Waals surface area (Å²) in [4.78, 5) is 13.0. The third-order valence-corrected chi connectivity index (χ3v) is 4.91. The molecular weight excluding hydrogens is 372 g/mol. The van der Waals surface area contributed by atoms with Crippen molar-refractivity contribution < 1.29 is 14.6 Å². The van der Waals surface area contributed by atoms with E-state index in [1.165, 1.54) is 5.56 Å². The minimum absolute atomic E-state index is 0.277. The molecule has 0 aliphatic carbocycles. The van der Waals surface area contributed by atoms with Crippen LogP contribution in [-0.2, 0) is 4.74 Å². The molecule has 3 aromatic carbocycles. The van der Waals surface area contributed by atoms with Crippen molar-refractivity contribution in [2.75, 3.05) is 13.2 Å². The lowest BCUT2D eigenvalue weighted by Crippen LogP contribution is -2.13. The number of ketones is 1. The summed E-state index contributed by atoms with van der Waals surface area (Å²) in [6.07, 6.45) is -1.16. The second kappa shape index (κ2) is 11.4. The van der Waals surface area contributed by atoms with E-state index in [0.29, 0.717) is 11.1 Å². The van der Waals surface area contributed by atoms with Crippen molar-refractivity contribution in [2.24, 2.45) is 0 Å². The van der Waals surface area contributed by atoms with Gasteiger partial charge in [-0.25, -0.2) is 0 Å². The van der Waals surface area contributed by atoms with Crippen LogP contribution < -0.4 is 0 Å². The number of carbonyl (C=O) groups is 1. The van der Waals surface area contributed by atoms with Crippen molar-refractivity contribution in [1.82, 2.24) is 0 Å². The van der Waals surface area contributed by atoms with Gasteiger partial charge in [-0.15, -0.1) is 0 Å². The Morgan fingerprint density at radius 3 is 1.93 bits per heavy atom. The summed E-state index contributed by atoms with van der Waals surface area (Å²) in [5, 5.41) is 10.5. The number of hydrogen-bond donors (Lipinski definition) is 1. The molecule has 0 aliphatic rings. The maximum absolute atomic E-state index is 13.0. The monoisotopic (exact) mass is 404 g/mol. The van der Waals surface area contributed by atoms with Crippen LogP contribution in [0.4, 0.5) is 0 Å². The summed E-state index contributed by atoms with van der Waals surface area (Å²) >= 11 is 0. The van der Waals surface area contributed by atoms with Crippen LogP contribution >= 0.6 is 0 Å². The van der Waals surface area contributed by atoms with E-state index in [1.54, 1.807) is 18.2 Å². The molecule has 3 rings (SSSR count). The molecule has 0 spiro atoms. The van der Waals surface area contributed by atoms with E-state index in [2.05, 4.69) is 32.9 Å². The Balaban J connectivity index is 0.000000575. The van der Waals surface area contributed by atoms with Crippen molar-refractivity contribution in [2.45, 2.75) is 40.7 Å². The van der Waals surface area contributed by atoms with E-state index in [4.69, 9.17) is 4.74 Å². The Hall–Kier alpha value is -2.75. The van der Waals surface area contributed by atoms with Gasteiger partial charge >= 0.3 is 0 Å². The molecule has 0 aromatic heterocycles. The molecular formula is C27H32O3. The Morgan fingerprint density at radius 2 is 1.40 bits per heavy atom. The van der Waals surface area contributed by atoms with E-state index in [-0.39, 0.29) is 5.78 Å². The van der Waals surface area contributed by atoms with E-state index in [1.807, 2.05) is 50.2 Å². The lowest BCUT2D eigenvalue weighted by atomic mass is 9.88. The van der Waals surface area contributed by atoms with E-state index in [9.17, 15) is 9.90 Å². The van der Waals surface area contributed by atoms with Gasteiger partial charge in [0.1, 0.15) is 6.10 Å². The molecule has 3 nitrogen and oxygen atoms in total. The zero-order chi connectivity index (χ0) is 22.1. The van der Waals surface area contributed by atoms with Crippen molar-refractivity contribution in [3.05, 3.63) is 94.5 Å². The maximum atomic E-state index is 13.0. The summed E-state index contributed by atoms with van der Waals surface area (Å²) in [5.74, 6) is -0.277. The summed E-state index contributed by atoms with van der Waals surface area (Å²) in [7, 11) is 0. The maximum Gasteiger partial charge on any atom is 0.196 e. The van der Waals surface area contributed by atoms with Gasteiger partial charge in [-0.05, 0) is 62.4 Å². The molecule has 1 unspecified atom stereocenters. The number of aryl methyl sites for hydroxylation is 3. The first-order valence-electron chi connectivity index (χ1n) is 10.4. The number of rotatable bonds is 6. The van der Waals surface area contributed by atoms with Gasteiger partial charge in [0.15, 0.2) is 5.78 Å². The van der Waals surface area contributed by atoms with Crippen LogP contribution in [0, 0.1) is 20.8 Å². The van der Waals surface area contributed by atoms with Crippen LogP contribution in [0.1, 0.15) is 52.6 Å². The van der Waals surface area contributed by atoms with E-state index >= 15 is 0 Å². The van der Waals surface area contributed by atoms with Crippen LogP contribution in [0.25, 0.3) is 11.1 Å². The van der Waals surface area contributed by atoms with Crippen molar-refractivity contribution in [1.29, 1.82) is 0 Å². The minimum Gasteiger partial charge on any atom is -0.382 e. The lowest BCUT2D eigenvalue weighted by molar-refractivity contribution is 0.0748. The van der Waals surface area contributed by atoms with Gasteiger partial charge in [0.2, 0.25) is 0 Å². The topological polar surface area (TPSA) is 46.5 Å². The highest BCUT2D eigenvalue weighted by atomic mass is 16.5. The molecule has 1 atom stereocenters. The molecule has 3 aromatic rings. The first-order chi connectivity index (χ1) is 14.4. The number of aliphatic hydroxyl groups is 1. The molecule has 0 radical (unpaired) electrons. The van der Waals surface area contributed by atoms with Crippen LogP contribution in [0.3, 0.4) is 0 Å². The SMILES string of the molecule is CCOCC.Cc1cc(C)c(-c2ccccc2C(=O)C(O)c2ccccc2)c(C)c1. The Bertz CT molecular complexity index is 936. The number of ether oxygens (including phenoxy) is 1. The Labute approximate surface area is 180 Å². The van der Waals surface area contributed by atoms with Crippen LogP contribution in [0.15, 0.2) is 66.7 Å². The molecule has 0 aliphatic heterocycles. The largest absolute Gasteiger partial charge is 0.382 e. The average Bonchev–Trinajstić information content (AvgIpc) is 2.74. The van der Waals surface area contributed by atoms with Gasteiger partial charge in [0.05, 0.1) is 0 Å². The molecule has 30 heavy (non-hydrogen) atoms. The van der Waals surface area contributed by atoms with Crippen LogP contribution in [0.2, 0.25) is 0 Å².